The molecule has 0 saturated carbocycles. The van der Waals surface area contributed by atoms with E-state index in [1.807, 2.05) is 0 Å². The van der Waals surface area contributed by atoms with E-state index in [1.165, 1.54) is 11.1 Å². The van der Waals surface area contributed by atoms with Gasteiger partial charge in [0.25, 0.3) is 0 Å². The molecular formula is C23H28N2O3. The summed E-state index contributed by atoms with van der Waals surface area (Å²) in [6, 6.07) is 15.4. The van der Waals surface area contributed by atoms with E-state index in [-0.39, 0.29) is 17.8 Å². The third kappa shape index (κ3) is 5.42. The summed E-state index contributed by atoms with van der Waals surface area (Å²) in [5.41, 5.74) is 3.73. The third-order valence-electron chi connectivity index (χ3n) is 5.07. The predicted molar refractivity (Wildman–Crippen MR) is 110 cm³/mol. The standard InChI is InChI=1S/C23H28N2O3/c1-3-28-23(27)19-10-12-21(13-11-19)24-22(26)20-5-4-14-25(16-20)15-18-8-6-17(2)7-9-18/h6-13,20H,3-5,14-16H2,1-2H3,(H,24,26). The number of carbonyl (C=O) groups excluding carboxylic acids is 2. The summed E-state index contributed by atoms with van der Waals surface area (Å²) in [6.45, 7) is 6.87. The fraction of sp³-hybridized carbons (Fsp3) is 0.391. The summed E-state index contributed by atoms with van der Waals surface area (Å²) in [7, 11) is 0. The number of hydrogen-bond donors (Lipinski definition) is 1. The molecule has 1 fully saturated rings. The Morgan fingerprint density at radius 3 is 2.50 bits per heavy atom. The average Bonchev–Trinajstić information content (AvgIpc) is 2.71. The zero-order valence-electron chi connectivity index (χ0n) is 16.6. The van der Waals surface area contributed by atoms with Gasteiger partial charge in [-0.3, -0.25) is 9.69 Å². The van der Waals surface area contributed by atoms with Crippen LogP contribution in [0.1, 0.15) is 41.3 Å². The minimum absolute atomic E-state index is 0.0241. The minimum atomic E-state index is -0.348. The summed E-state index contributed by atoms with van der Waals surface area (Å²) in [4.78, 5) is 26.8. The van der Waals surface area contributed by atoms with Gasteiger partial charge in [0.15, 0.2) is 0 Å². The molecule has 1 amide bonds. The van der Waals surface area contributed by atoms with Gasteiger partial charge in [0.2, 0.25) is 5.91 Å². The van der Waals surface area contributed by atoms with Gasteiger partial charge in [-0.05, 0) is 63.1 Å². The van der Waals surface area contributed by atoms with Crippen LogP contribution in [0.4, 0.5) is 5.69 Å². The van der Waals surface area contributed by atoms with Crippen molar-refractivity contribution in [2.45, 2.75) is 33.2 Å². The molecule has 0 bridgehead atoms. The van der Waals surface area contributed by atoms with E-state index < -0.39 is 0 Å². The average molecular weight is 380 g/mol. The molecule has 28 heavy (non-hydrogen) atoms. The number of nitrogens with one attached hydrogen (secondary N) is 1. The smallest absolute Gasteiger partial charge is 0.338 e. The molecule has 0 aliphatic carbocycles. The highest BCUT2D eigenvalue weighted by molar-refractivity contribution is 5.94. The van der Waals surface area contributed by atoms with Gasteiger partial charge in [0.05, 0.1) is 18.1 Å². The lowest BCUT2D eigenvalue weighted by molar-refractivity contribution is -0.121. The molecular weight excluding hydrogens is 352 g/mol. The van der Waals surface area contributed by atoms with Crippen molar-refractivity contribution in [3.05, 3.63) is 65.2 Å². The van der Waals surface area contributed by atoms with Crippen LogP contribution >= 0.6 is 0 Å². The van der Waals surface area contributed by atoms with Crippen LogP contribution in [-0.2, 0) is 16.1 Å². The summed E-state index contributed by atoms with van der Waals surface area (Å²) < 4.78 is 4.98. The number of hydrogen-bond acceptors (Lipinski definition) is 4. The quantitative estimate of drug-likeness (QED) is 0.769. The Kier molecular flexibility index (Phi) is 6.82. The topological polar surface area (TPSA) is 58.6 Å². The number of esters is 1. The highest BCUT2D eigenvalue weighted by Crippen LogP contribution is 2.21. The number of anilines is 1. The molecule has 2 aromatic rings. The van der Waals surface area contributed by atoms with Crippen LogP contribution < -0.4 is 5.32 Å². The lowest BCUT2D eigenvalue weighted by Crippen LogP contribution is -2.40. The Hall–Kier alpha value is -2.66. The number of piperidine rings is 1. The summed E-state index contributed by atoms with van der Waals surface area (Å²) in [6.07, 6.45) is 1.92. The molecule has 1 aliphatic rings. The fourth-order valence-electron chi connectivity index (χ4n) is 3.51. The molecule has 5 heteroatoms. The first-order valence-corrected chi connectivity index (χ1v) is 9.91. The monoisotopic (exact) mass is 380 g/mol. The Morgan fingerprint density at radius 1 is 1.11 bits per heavy atom. The second-order valence-electron chi connectivity index (χ2n) is 7.35. The van der Waals surface area contributed by atoms with Gasteiger partial charge in [-0.25, -0.2) is 4.79 Å². The minimum Gasteiger partial charge on any atom is -0.462 e. The van der Waals surface area contributed by atoms with Crippen molar-refractivity contribution in [2.24, 2.45) is 5.92 Å². The Bertz CT molecular complexity index is 800. The molecule has 0 aromatic heterocycles. The third-order valence-corrected chi connectivity index (χ3v) is 5.07. The lowest BCUT2D eigenvalue weighted by Gasteiger charge is -2.32. The number of ether oxygens (including phenoxy) is 1. The van der Waals surface area contributed by atoms with Gasteiger partial charge >= 0.3 is 5.97 Å². The normalized spacial score (nSPS) is 17.1. The van der Waals surface area contributed by atoms with Gasteiger partial charge in [-0.15, -0.1) is 0 Å². The number of likely N-dealkylation sites (tertiary alicyclic amines) is 1. The van der Waals surface area contributed by atoms with Crippen molar-refractivity contribution in [1.82, 2.24) is 4.90 Å². The van der Waals surface area contributed by atoms with Crippen molar-refractivity contribution in [3.8, 4) is 0 Å². The van der Waals surface area contributed by atoms with Crippen molar-refractivity contribution in [1.29, 1.82) is 0 Å². The van der Waals surface area contributed by atoms with Gasteiger partial charge in [0.1, 0.15) is 0 Å². The molecule has 1 atom stereocenters. The van der Waals surface area contributed by atoms with Crippen LogP contribution in [0.25, 0.3) is 0 Å². The molecule has 1 aliphatic heterocycles. The van der Waals surface area contributed by atoms with E-state index in [0.717, 1.165) is 32.5 Å². The highest BCUT2D eigenvalue weighted by Gasteiger charge is 2.26. The zero-order chi connectivity index (χ0) is 19.9. The van der Waals surface area contributed by atoms with Crippen molar-refractivity contribution < 1.29 is 14.3 Å². The molecule has 0 radical (unpaired) electrons. The first kappa shape index (κ1) is 20.1. The molecule has 1 saturated heterocycles. The first-order valence-electron chi connectivity index (χ1n) is 9.91. The SMILES string of the molecule is CCOC(=O)c1ccc(NC(=O)C2CCCN(Cc3ccc(C)cc3)C2)cc1. The van der Waals surface area contributed by atoms with Crippen molar-refractivity contribution in [2.75, 3.05) is 25.0 Å². The largest absolute Gasteiger partial charge is 0.462 e. The Labute approximate surface area is 166 Å². The van der Waals surface area contributed by atoms with Gasteiger partial charge in [-0.1, -0.05) is 29.8 Å². The van der Waals surface area contributed by atoms with E-state index >= 15 is 0 Å². The number of amides is 1. The van der Waals surface area contributed by atoms with Crippen molar-refractivity contribution >= 4 is 17.6 Å². The van der Waals surface area contributed by atoms with E-state index in [9.17, 15) is 9.59 Å². The number of rotatable bonds is 6. The van der Waals surface area contributed by atoms with E-state index in [1.54, 1.807) is 31.2 Å². The van der Waals surface area contributed by atoms with Crippen LogP contribution in [-0.4, -0.2) is 36.5 Å². The lowest BCUT2D eigenvalue weighted by atomic mass is 9.96. The van der Waals surface area contributed by atoms with Gasteiger partial charge in [-0.2, -0.15) is 0 Å². The molecule has 1 heterocycles. The van der Waals surface area contributed by atoms with E-state index in [4.69, 9.17) is 4.74 Å². The highest BCUT2D eigenvalue weighted by atomic mass is 16.5. The van der Waals surface area contributed by atoms with Crippen LogP contribution in [0.15, 0.2) is 48.5 Å². The van der Waals surface area contributed by atoms with E-state index in [2.05, 4.69) is 41.4 Å². The fourth-order valence-corrected chi connectivity index (χ4v) is 3.51. The molecule has 1 N–H and O–H groups in total. The second-order valence-corrected chi connectivity index (χ2v) is 7.35. The molecule has 148 valence electrons. The van der Waals surface area contributed by atoms with Crippen LogP contribution in [0.5, 0.6) is 0 Å². The number of aryl methyl sites for hydroxylation is 1. The molecule has 2 aromatic carbocycles. The van der Waals surface area contributed by atoms with Crippen LogP contribution in [0, 0.1) is 12.8 Å². The second kappa shape index (κ2) is 9.51. The number of carbonyl (C=O) groups is 2. The predicted octanol–water partition coefficient (Wildman–Crippen LogP) is 4.02. The maximum atomic E-state index is 12.7. The molecule has 0 spiro atoms. The zero-order valence-corrected chi connectivity index (χ0v) is 16.6. The Morgan fingerprint density at radius 2 is 1.82 bits per heavy atom. The van der Waals surface area contributed by atoms with E-state index in [0.29, 0.717) is 17.9 Å². The summed E-state index contributed by atoms with van der Waals surface area (Å²) >= 11 is 0. The van der Waals surface area contributed by atoms with Crippen LogP contribution in [0.2, 0.25) is 0 Å². The van der Waals surface area contributed by atoms with Crippen molar-refractivity contribution in [3.63, 3.8) is 0 Å². The maximum absolute atomic E-state index is 12.7. The molecule has 5 nitrogen and oxygen atoms in total. The van der Waals surface area contributed by atoms with Gasteiger partial charge < -0.3 is 10.1 Å². The maximum Gasteiger partial charge on any atom is 0.338 e. The summed E-state index contributed by atoms with van der Waals surface area (Å²) in [5.74, 6) is -0.333. The molecule has 1 unspecified atom stereocenters. The number of nitrogens with zero attached hydrogens (tertiary/aromatic N) is 1. The Balaban J connectivity index is 1.55. The summed E-state index contributed by atoms with van der Waals surface area (Å²) in [5, 5.41) is 2.98. The van der Waals surface area contributed by atoms with Crippen LogP contribution in [0.3, 0.4) is 0 Å². The first-order chi connectivity index (χ1) is 13.5. The molecule has 3 rings (SSSR count). The number of benzene rings is 2. The van der Waals surface area contributed by atoms with Gasteiger partial charge in [0, 0.05) is 18.8 Å².